The number of rotatable bonds is 4. The number of piperidine rings is 1. The Morgan fingerprint density at radius 1 is 1.59 bits per heavy atom. The van der Waals surface area contributed by atoms with Crippen LogP contribution in [0.2, 0.25) is 0 Å². The number of aliphatic hydroxyl groups is 2. The molecule has 1 aliphatic rings. The lowest BCUT2D eigenvalue weighted by Crippen LogP contribution is -2.53. The largest absolute Gasteiger partial charge is 0.453 e. The van der Waals surface area contributed by atoms with Gasteiger partial charge in [-0.3, -0.25) is 4.90 Å². The van der Waals surface area contributed by atoms with E-state index >= 15 is 0 Å². The molecule has 0 aliphatic carbocycles. The molecule has 0 aromatic heterocycles. The summed E-state index contributed by atoms with van der Waals surface area (Å²) in [5.41, 5.74) is 0. The van der Waals surface area contributed by atoms with Crippen LogP contribution in [0.1, 0.15) is 13.3 Å². The molecule has 100 valence electrons. The summed E-state index contributed by atoms with van der Waals surface area (Å²) in [5, 5.41) is 21.3. The molecule has 3 unspecified atom stereocenters. The second-order valence-electron chi connectivity index (χ2n) is 4.55. The minimum absolute atomic E-state index is 0.0395. The fourth-order valence-electron chi connectivity index (χ4n) is 2.24. The summed E-state index contributed by atoms with van der Waals surface area (Å²) in [6.07, 6.45) is -0.141. The third-order valence-corrected chi connectivity index (χ3v) is 3.16. The highest BCUT2D eigenvalue weighted by molar-refractivity contribution is 5.67. The van der Waals surface area contributed by atoms with Crippen molar-refractivity contribution in [3.63, 3.8) is 0 Å². The third-order valence-electron chi connectivity index (χ3n) is 3.16. The van der Waals surface area contributed by atoms with Gasteiger partial charge in [-0.2, -0.15) is 0 Å². The number of carbonyl (C=O) groups is 1. The molecule has 3 N–H and O–H groups in total. The predicted molar refractivity (Wildman–Crippen MR) is 62.6 cm³/mol. The summed E-state index contributed by atoms with van der Waals surface area (Å²) in [6, 6.07) is -0.0395. The van der Waals surface area contributed by atoms with Crippen molar-refractivity contribution in [2.45, 2.75) is 25.5 Å². The number of carbonyl (C=O) groups excluding carboxylic acids is 1. The highest BCUT2D eigenvalue weighted by atomic mass is 16.5. The van der Waals surface area contributed by atoms with E-state index in [1.165, 1.54) is 7.11 Å². The lowest BCUT2D eigenvalue weighted by molar-refractivity contribution is 0.0406. The van der Waals surface area contributed by atoms with Crippen LogP contribution in [-0.2, 0) is 4.74 Å². The van der Waals surface area contributed by atoms with Crippen molar-refractivity contribution < 1.29 is 19.7 Å². The first-order chi connectivity index (χ1) is 8.06. The molecule has 6 nitrogen and oxygen atoms in total. The van der Waals surface area contributed by atoms with Crippen molar-refractivity contribution in [1.29, 1.82) is 0 Å². The summed E-state index contributed by atoms with van der Waals surface area (Å²) in [6.45, 7) is 3.82. The lowest BCUT2D eigenvalue weighted by Gasteiger charge is -2.38. The molecule has 1 heterocycles. The van der Waals surface area contributed by atoms with Gasteiger partial charge >= 0.3 is 6.09 Å². The van der Waals surface area contributed by atoms with Gasteiger partial charge in [-0.15, -0.1) is 0 Å². The molecule has 0 saturated carbocycles. The van der Waals surface area contributed by atoms with E-state index in [2.05, 4.69) is 10.1 Å². The molecule has 0 radical (unpaired) electrons. The summed E-state index contributed by atoms with van der Waals surface area (Å²) >= 11 is 0. The van der Waals surface area contributed by atoms with Crippen LogP contribution in [0.3, 0.4) is 0 Å². The maximum atomic E-state index is 11.2. The number of ether oxygens (including phenoxy) is 1. The van der Waals surface area contributed by atoms with Gasteiger partial charge in [-0.25, -0.2) is 4.79 Å². The number of nitrogens with zero attached hydrogens (tertiary/aromatic N) is 1. The van der Waals surface area contributed by atoms with E-state index in [0.717, 1.165) is 13.0 Å². The minimum atomic E-state index is -0.454. The van der Waals surface area contributed by atoms with Crippen LogP contribution in [0.4, 0.5) is 4.79 Å². The predicted octanol–water partition coefficient (Wildman–Crippen LogP) is -0.594. The normalized spacial score (nSPS) is 27.5. The highest BCUT2D eigenvalue weighted by Crippen LogP contribution is 2.20. The third kappa shape index (κ3) is 4.49. The molecule has 1 fully saturated rings. The molecular weight excluding hydrogens is 224 g/mol. The van der Waals surface area contributed by atoms with Crippen molar-refractivity contribution >= 4 is 6.09 Å². The Morgan fingerprint density at radius 3 is 2.82 bits per heavy atom. The van der Waals surface area contributed by atoms with Gasteiger partial charge < -0.3 is 20.3 Å². The molecule has 1 amide bonds. The van der Waals surface area contributed by atoms with E-state index in [4.69, 9.17) is 5.11 Å². The molecule has 6 heteroatoms. The number of β-amino-alcohol motifs (C(OH)–C–C–N with tert-alkyl or cyclic N) is 1. The fourth-order valence-corrected chi connectivity index (χ4v) is 2.24. The topological polar surface area (TPSA) is 82.0 Å². The first kappa shape index (κ1) is 14.2. The van der Waals surface area contributed by atoms with Gasteiger partial charge in [0.25, 0.3) is 0 Å². The first-order valence-electron chi connectivity index (χ1n) is 5.92. The smallest absolute Gasteiger partial charge is 0.407 e. The van der Waals surface area contributed by atoms with Crippen LogP contribution >= 0.6 is 0 Å². The van der Waals surface area contributed by atoms with Crippen molar-refractivity contribution in [1.82, 2.24) is 10.2 Å². The van der Waals surface area contributed by atoms with Crippen LogP contribution in [0.25, 0.3) is 0 Å². The molecule has 3 atom stereocenters. The molecule has 0 bridgehead atoms. The van der Waals surface area contributed by atoms with E-state index in [9.17, 15) is 9.90 Å². The lowest BCUT2D eigenvalue weighted by atomic mass is 9.90. The summed E-state index contributed by atoms with van der Waals surface area (Å²) < 4.78 is 4.56. The average Bonchev–Trinajstić information content (AvgIpc) is 2.29. The summed E-state index contributed by atoms with van der Waals surface area (Å²) in [4.78, 5) is 13.2. The number of methoxy groups -OCH3 is 1. The van der Waals surface area contributed by atoms with Gasteiger partial charge in [0.1, 0.15) is 0 Å². The van der Waals surface area contributed by atoms with Gasteiger partial charge in [0.2, 0.25) is 0 Å². The zero-order chi connectivity index (χ0) is 12.8. The summed E-state index contributed by atoms with van der Waals surface area (Å²) in [5.74, 6) is 0.109. The number of aliphatic hydroxyl groups excluding tert-OH is 2. The van der Waals surface area contributed by atoms with Gasteiger partial charge in [0.15, 0.2) is 0 Å². The van der Waals surface area contributed by atoms with Crippen molar-refractivity contribution in [3.8, 4) is 0 Å². The first-order valence-corrected chi connectivity index (χ1v) is 5.92. The maximum absolute atomic E-state index is 11.2. The SMILES string of the molecule is COC(=O)NC1CC(C(C)O)CN(CCO)C1. The van der Waals surface area contributed by atoms with E-state index in [0.29, 0.717) is 13.1 Å². The number of hydrogen-bond acceptors (Lipinski definition) is 5. The van der Waals surface area contributed by atoms with E-state index < -0.39 is 12.2 Å². The number of likely N-dealkylation sites (tertiary alicyclic amines) is 1. The van der Waals surface area contributed by atoms with Gasteiger partial charge in [0.05, 0.1) is 19.8 Å². The van der Waals surface area contributed by atoms with Gasteiger partial charge in [-0.05, 0) is 19.3 Å². The Labute approximate surface area is 102 Å². The van der Waals surface area contributed by atoms with Crippen LogP contribution in [0.5, 0.6) is 0 Å². The second-order valence-corrected chi connectivity index (χ2v) is 4.55. The highest BCUT2D eigenvalue weighted by Gasteiger charge is 2.30. The Morgan fingerprint density at radius 2 is 2.29 bits per heavy atom. The van der Waals surface area contributed by atoms with Crippen molar-refractivity contribution in [2.24, 2.45) is 5.92 Å². The Balaban J connectivity index is 2.55. The minimum Gasteiger partial charge on any atom is -0.453 e. The van der Waals surface area contributed by atoms with Gasteiger partial charge in [-0.1, -0.05) is 0 Å². The number of nitrogens with one attached hydrogen (secondary N) is 1. The average molecular weight is 246 g/mol. The molecule has 0 spiro atoms. The van der Waals surface area contributed by atoms with Gasteiger partial charge in [0, 0.05) is 25.7 Å². The monoisotopic (exact) mass is 246 g/mol. The molecule has 1 aliphatic heterocycles. The van der Waals surface area contributed by atoms with Crippen LogP contribution in [-0.4, -0.2) is 66.7 Å². The Bertz CT molecular complexity index is 248. The zero-order valence-electron chi connectivity index (χ0n) is 10.4. The standard InChI is InChI=1S/C11H22N2O4/c1-8(15)9-5-10(12-11(16)17-2)7-13(6-9)3-4-14/h8-10,14-15H,3-7H2,1-2H3,(H,12,16). The van der Waals surface area contributed by atoms with E-state index in [1.807, 2.05) is 4.90 Å². The van der Waals surface area contributed by atoms with Crippen molar-refractivity contribution in [2.75, 3.05) is 33.4 Å². The molecule has 1 saturated heterocycles. The Kier molecular flexibility index (Phi) is 5.67. The molecular formula is C11H22N2O4. The van der Waals surface area contributed by atoms with E-state index in [-0.39, 0.29) is 18.6 Å². The van der Waals surface area contributed by atoms with Crippen LogP contribution < -0.4 is 5.32 Å². The molecule has 0 aromatic rings. The molecule has 17 heavy (non-hydrogen) atoms. The van der Waals surface area contributed by atoms with Crippen LogP contribution in [0, 0.1) is 5.92 Å². The quantitative estimate of drug-likeness (QED) is 0.617. The van der Waals surface area contributed by atoms with Crippen LogP contribution in [0.15, 0.2) is 0 Å². The number of alkyl carbamates (subject to hydrolysis) is 1. The molecule has 1 rings (SSSR count). The molecule has 0 aromatic carbocycles. The number of hydrogen-bond donors (Lipinski definition) is 3. The second kappa shape index (κ2) is 6.78. The maximum Gasteiger partial charge on any atom is 0.407 e. The van der Waals surface area contributed by atoms with E-state index in [1.54, 1.807) is 6.92 Å². The van der Waals surface area contributed by atoms with Crippen molar-refractivity contribution in [3.05, 3.63) is 0 Å². The summed E-state index contributed by atoms with van der Waals surface area (Å²) in [7, 11) is 1.33. The number of amides is 1. The Hall–Kier alpha value is -0.850. The zero-order valence-corrected chi connectivity index (χ0v) is 10.4. The fraction of sp³-hybridized carbons (Fsp3) is 0.909.